The van der Waals surface area contributed by atoms with Gasteiger partial charge in [-0.3, -0.25) is 4.79 Å². The smallest absolute Gasteiger partial charge is 0.226 e. The number of benzene rings is 1. The van der Waals surface area contributed by atoms with E-state index in [1.165, 1.54) is 5.56 Å². The summed E-state index contributed by atoms with van der Waals surface area (Å²) in [6.07, 6.45) is 3.17. The molecule has 0 saturated carbocycles. The predicted octanol–water partition coefficient (Wildman–Crippen LogP) is 2.63. The Morgan fingerprint density at radius 3 is 2.92 bits per heavy atom. The lowest BCUT2D eigenvalue weighted by molar-refractivity contribution is -0.143. The minimum absolute atomic E-state index is 0.0277. The topological polar surface area (TPSA) is 43.7 Å². The van der Waals surface area contributed by atoms with Crippen LogP contribution in [-0.4, -0.2) is 41.7 Å². The van der Waals surface area contributed by atoms with Crippen LogP contribution in [0.4, 0.5) is 0 Å². The number of ether oxygens (including phenoxy) is 2. The van der Waals surface area contributed by atoms with Crippen molar-refractivity contribution in [2.24, 2.45) is 7.05 Å². The third-order valence-electron chi connectivity index (χ3n) is 5.23. The zero-order chi connectivity index (χ0) is 17.2. The lowest BCUT2D eigenvalue weighted by Gasteiger charge is -2.37. The molecule has 0 N–H and O–H groups in total. The molecule has 2 aliphatic rings. The minimum atomic E-state index is -0.144. The van der Waals surface area contributed by atoms with Gasteiger partial charge in [-0.05, 0) is 29.7 Å². The highest BCUT2D eigenvalue weighted by molar-refractivity contribution is 5.77. The standard InChI is InChI=1S/C20H24N2O3/c1-21-9-4-7-17(21)18-14-24-12-10-22(18)20(23)13-19-16-6-3-2-5-15(16)8-11-25-19/h2-7,9,18-19H,8,10-14H2,1H3/t18-,19+/m0/s1. The van der Waals surface area contributed by atoms with Crippen molar-refractivity contribution in [3.8, 4) is 0 Å². The summed E-state index contributed by atoms with van der Waals surface area (Å²) in [4.78, 5) is 15.0. The van der Waals surface area contributed by atoms with Crippen LogP contribution in [0.1, 0.15) is 35.4 Å². The zero-order valence-corrected chi connectivity index (χ0v) is 14.6. The van der Waals surface area contributed by atoms with Crippen molar-refractivity contribution in [2.75, 3.05) is 26.4 Å². The molecule has 1 fully saturated rings. The molecule has 0 spiro atoms. The highest BCUT2D eigenvalue weighted by atomic mass is 16.5. The number of fused-ring (bicyclic) bond motifs is 1. The van der Waals surface area contributed by atoms with Crippen LogP contribution in [0, 0.1) is 0 Å². The molecule has 4 rings (SSSR count). The molecule has 0 aliphatic carbocycles. The van der Waals surface area contributed by atoms with Gasteiger partial charge in [0.2, 0.25) is 5.91 Å². The highest BCUT2D eigenvalue weighted by Gasteiger charge is 2.32. The number of rotatable bonds is 3. The summed E-state index contributed by atoms with van der Waals surface area (Å²) in [5.41, 5.74) is 3.57. The van der Waals surface area contributed by atoms with Gasteiger partial charge >= 0.3 is 0 Å². The van der Waals surface area contributed by atoms with Crippen molar-refractivity contribution in [1.82, 2.24) is 9.47 Å². The lowest BCUT2D eigenvalue weighted by atomic mass is 9.95. The SMILES string of the molecule is Cn1cccc1[C@@H]1COCCN1C(=O)C[C@H]1OCCc2ccccc21. The van der Waals surface area contributed by atoms with E-state index in [1.807, 2.05) is 30.3 Å². The molecule has 25 heavy (non-hydrogen) atoms. The van der Waals surface area contributed by atoms with Crippen LogP contribution in [0.3, 0.4) is 0 Å². The van der Waals surface area contributed by atoms with Crippen LogP contribution in [0.5, 0.6) is 0 Å². The van der Waals surface area contributed by atoms with E-state index < -0.39 is 0 Å². The molecule has 1 saturated heterocycles. The van der Waals surface area contributed by atoms with E-state index in [0.29, 0.717) is 32.8 Å². The van der Waals surface area contributed by atoms with E-state index >= 15 is 0 Å². The summed E-state index contributed by atoms with van der Waals surface area (Å²) in [6.45, 7) is 2.45. The van der Waals surface area contributed by atoms with Gasteiger partial charge in [0, 0.05) is 25.5 Å². The molecular formula is C20H24N2O3. The molecule has 2 aromatic rings. The molecule has 5 heteroatoms. The van der Waals surface area contributed by atoms with Gasteiger partial charge in [-0.15, -0.1) is 0 Å². The maximum Gasteiger partial charge on any atom is 0.226 e. The molecule has 3 heterocycles. The second-order valence-electron chi connectivity index (χ2n) is 6.73. The summed E-state index contributed by atoms with van der Waals surface area (Å²) >= 11 is 0. The molecule has 1 aromatic heterocycles. The van der Waals surface area contributed by atoms with Gasteiger partial charge in [-0.25, -0.2) is 0 Å². The van der Waals surface area contributed by atoms with Gasteiger partial charge in [0.15, 0.2) is 0 Å². The Hall–Kier alpha value is -2.11. The highest BCUT2D eigenvalue weighted by Crippen LogP contribution is 2.32. The number of carbonyl (C=O) groups excluding carboxylic acids is 1. The van der Waals surface area contributed by atoms with Crippen LogP contribution in [0.2, 0.25) is 0 Å². The fourth-order valence-corrected chi connectivity index (χ4v) is 3.89. The number of morpholine rings is 1. The Morgan fingerprint density at radius 2 is 2.08 bits per heavy atom. The van der Waals surface area contributed by atoms with E-state index in [9.17, 15) is 4.79 Å². The van der Waals surface area contributed by atoms with Crippen LogP contribution < -0.4 is 0 Å². The minimum Gasteiger partial charge on any atom is -0.377 e. The first-order chi connectivity index (χ1) is 12.2. The Kier molecular flexibility index (Phi) is 4.59. The quantitative estimate of drug-likeness (QED) is 0.863. The van der Waals surface area contributed by atoms with Gasteiger partial charge in [-0.2, -0.15) is 0 Å². The molecule has 132 valence electrons. The van der Waals surface area contributed by atoms with Crippen molar-refractivity contribution in [3.05, 3.63) is 59.4 Å². The summed E-state index contributed by atoms with van der Waals surface area (Å²) < 4.78 is 13.6. The number of carbonyl (C=O) groups is 1. The molecule has 5 nitrogen and oxygen atoms in total. The van der Waals surface area contributed by atoms with E-state index in [4.69, 9.17) is 9.47 Å². The molecule has 2 aliphatic heterocycles. The Labute approximate surface area is 148 Å². The maximum atomic E-state index is 13.1. The van der Waals surface area contributed by atoms with Gasteiger partial charge in [-0.1, -0.05) is 24.3 Å². The summed E-state index contributed by atoms with van der Waals surface area (Å²) in [5, 5.41) is 0. The van der Waals surface area contributed by atoms with Crippen molar-refractivity contribution in [3.63, 3.8) is 0 Å². The predicted molar refractivity (Wildman–Crippen MR) is 94.1 cm³/mol. The largest absolute Gasteiger partial charge is 0.377 e. The first-order valence-corrected chi connectivity index (χ1v) is 8.92. The van der Waals surface area contributed by atoms with Crippen LogP contribution in [0.15, 0.2) is 42.6 Å². The average Bonchev–Trinajstić information content (AvgIpc) is 3.08. The summed E-state index contributed by atoms with van der Waals surface area (Å²) in [7, 11) is 2.01. The maximum absolute atomic E-state index is 13.1. The molecule has 1 aromatic carbocycles. The number of nitrogens with zero attached hydrogens (tertiary/aromatic N) is 2. The lowest BCUT2D eigenvalue weighted by Crippen LogP contribution is -2.44. The average molecular weight is 340 g/mol. The molecule has 1 amide bonds. The number of amides is 1. The third kappa shape index (κ3) is 3.22. The van der Waals surface area contributed by atoms with E-state index in [2.05, 4.69) is 28.8 Å². The molecule has 0 radical (unpaired) electrons. The molecule has 0 unspecified atom stereocenters. The van der Waals surface area contributed by atoms with Gasteiger partial charge in [0.25, 0.3) is 0 Å². The Balaban J connectivity index is 1.53. The number of hydrogen-bond acceptors (Lipinski definition) is 3. The zero-order valence-electron chi connectivity index (χ0n) is 14.6. The second kappa shape index (κ2) is 7.02. The fraction of sp³-hybridized carbons (Fsp3) is 0.450. The number of aryl methyl sites for hydroxylation is 1. The van der Waals surface area contributed by atoms with Crippen LogP contribution in [-0.2, 0) is 27.7 Å². The first-order valence-electron chi connectivity index (χ1n) is 8.92. The first kappa shape index (κ1) is 16.4. The van der Waals surface area contributed by atoms with E-state index in [1.54, 1.807) is 0 Å². The van der Waals surface area contributed by atoms with Gasteiger partial charge in [0.05, 0.1) is 38.4 Å². The summed E-state index contributed by atoms with van der Waals surface area (Å²) in [5.74, 6) is 0.135. The Morgan fingerprint density at radius 1 is 1.20 bits per heavy atom. The molecule has 2 atom stereocenters. The normalized spacial score (nSPS) is 23.3. The van der Waals surface area contributed by atoms with E-state index in [0.717, 1.165) is 17.7 Å². The van der Waals surface area contributed by atoms with Crippen molar-refractivity contribution in [1.29, 1.82) is 0 Å². The van der Waals surface area contributed by atoms with Crippen LogP contribution >= 0.6 is 0 Å². The van der Waals surface area contributed by atoms with Crippen molar-refractivity contribution >= 4 is 5.91 Å². The summed E-state index contributed by atoms with van der Waals surface area (Å²) in [6, 6.07) is 12.3. The van der Waals surface area contributed by atoms with Crippen LogP contribution in [0.25, 0.3) is 0 Å². The van der Waals surface area contributed by atoms with Crippen molar-refractivity contribution < 1.29 is 14.3 Å². The second-order valence-corrected chi connectivity index (χ2v) is 6.73. The third-order valence-corrected chi connectivity index (χ3v) is 5.23. The molecule has 0 bridgehead atoms. The van der Waals surface area contributed by atoms with Gasteiger partial charge < -0.3 is 18.9 Å². The van der Waals surface area contributed by atoms with E-state index in [-0.39, 0.29) is 18.1 Å². The Bertz CT molecular complexity index is 755. The number of aromatic nitrogens is 1. The van der Waals surface area contributed by atoms with Crippen molar-refractivity contribution in [2.45, 2.75) is 25.0 Å². The van der Waals surface area contributed by atoms with Gasteiger partial charge in [0.1, 0.15) is 0 Å². The fourth-order valence-electron chi connectivity index (χ4n) is 3.89. The molecular weight excluding hydrogens is 316 g/mol. The monoisotopic (exact) mass is 340 g/mol. The number of hydrogen-bond donors (Lipinski definition) is 0.